The molecule has 1 aromatic heterocycles. The monoisotopic (exact) mass is 338 g/mol. The Bertz CT molecular complexity index is 1040. The molecule has 0 atom stereocenters. The van der Waals surface area contributed by atoms with E-state index in [0.717, 1.165) is 4.68 Å². The van der Waals surface area contributed by atoms with Gasteiger partial charge in [-0.3, -0.25) is 25.2 Å². The molecule has 2 aromatic carbocycles. The van der Waals surface area contributed by atoms with E-state index in [1.807, 2.05) is 0 Å². The fraction of sp³-hybridized carbons (Fsp3) is 0.0588. The Kier molecular flexibility index (Phi) is 4.17. The molecule has 8 nitrogen and oxygen atoms in total. The molecule has 0 aliphatic heterocycles. The maximum Gasteiger partial charge on any atom is 0.290 e. The Labute approximate surface area is 141 Å². The van der Waals surface area contributed by atoms with Crippen LogP contribution in [0.25, 0.3) is 10.8 Å². The molecule has 1 heterocycles. The van der Waals surface area contributed by atoms with Crippen molar-refractivity contribution in [3.8, 4) is 5.75 Å². The number of amides is 2. The SMILES string of the molecule is Cn1nc(C(=O)NNC(=O)c2ccccc2O)c2ccccc2c1=O. The second-order valence-corrected chi connectivity index (χ2v) is 5.25. The molecular formula is C17H14N4O4. The van der Waals surface area contributed by atoms with E-state index in [2.05, 4.69) is 16.0 Å². The van der Waals surface area contributed by atoms with Crippen LogP contribution >= 0.6 is 0 Å². The number of aromatic nitrogens is 2. The number of hydrogen-bond acceptors (Lipinski definition) is 5. The number of nitrogens with one attached hydrogen (secondary N) is 2. The van der Waals surface area contributed by atoms with Gasteiger partial charge in [-0.25, -0.2) is 4.68 Å². The standard InChI is InChI=1S/C17H14N4O4/c1-21-17(25)11-7-3-2-6-10(11)14(20-21)16(24)19-18-15(23)12-8-4-5-9-13(12)22/h2-9,22H,1H3,(H,18,23)(H,19,24). The van der Waals surface area contributed by atoms with Crippen LogP contribution in [0.4, 0.5) is 0 Å². The van der Waals surface area contributed by atoms with Gasteiger partial charge in [-0.2, -0.15) is 5.10 Å². The molecule has 8 heteroatoms. The number of fused-ring (bicyclic) bond motifs is 1. The van der Waals surface area contributed by atoms with Crippen molar-refractivity contribution in [2.75, 3.05) is 0 Å². The topological polar surface area (TPSA) is 113 Å². The van der Waals surface area contributed by atoms with Gasteiger partial charge in [0, 0.05) is 12.4 Å². The zero-order valence-corrected chi connectivity index (χ0v) is 13.2. The number of para-hydroxylation sites is 1. The smallest absolute Gasteiger partial charge is 0.290 e. The lowest BCUT2D eigenvalue weighted by Gasteiger charge is -2.10. The fourth-order valence-corrected chi connectivity index (χ4v) is 2.37. The highest BCUT2D eigenvalue weighted by atomic mass is 16.3. The van der Waals surface area contributed by atoms with Gasteiger partial charge >= 0.3 is 0 Å². The van der Waals surface area contributed by atoms with Crippen LogP contribution in [0.2, 0.25) is 0 Å². The van der Waals surface area contributed by atoms with E-state index in [1.54, 1.807) is 36.4 Å². The number of nitrogens with zero attached hydrogens (tertiary/aromatic N) is 2. The zero-order chi connectivity index (χ0) is 18.0. The molecule has 3 rings (SSSR count). The third kappa shape index (κ3) is 3.05. The summed E-state index contributed by atoms with van der Waals surface area (Å²) in [5.41, 5.74) is 4.13. The highest BCUT2D eigenvalue weighted by Gasteiger charge is 2.17. The van der Waals surface area contributed by atoms with Gasteiger partial charge in [0.15, 0.2) is 5.69 Å². The number of rotatable bonds is 2. The van der Waals surface area contributed by atoms with E-state index in [4.69, 9.17) is 0 Å². The maximum atomic E-state index is 12.4. The molecule has 0 radical (unpaired) electrons. The second-order valence-electron chi connectivity index (χ2n) is 5.25. The highest BCUT2D eigenvalue weighted by Crippen LogP contribution is 2.15. The number of carbonyl (C=O) groups excluding carboxylic acids is 2. The van der Waals surface area contributed by atoms with E-state index >= 15 is 0 Å². The van der Waals surface area contributed by atoms with Crippen LogP contribution in [-0.2, 0) is 7.05 Å². The van der Waals surface area contributed by atoms with Gasteiger partial charge in [-0.05, 0) is 18.2 Å². The molecule has 0 bridgehead atoms. The molecule has 3 aromatic rings. The Hall–Kier alpha value is -3.68. The average Bonchev–Trinajstić information content (AvgIpc) is 2.63. The van der Waals surface area contributed by atoms with E-state index in [-0.39, 0.29) is 22.6 Å². The summed E-state index contributed by atoms with van der Waals surface area (Å²) in [4.78, 5) is 36.5. The van der Waals surface area contributed by atoms with Gasteiger partial charge in [-0.15, -0.1) is 0 Å². The summed E-state index contributed by atoms with van der Waals surface area (Å²) >= 11 is 0. The summed E-state index contributed by atoms with van der Waals surface area (Å²) in [5, 5.41) is 14.3. The summed E-state index contributed by atoms with van der Waals surface area (Å²) in [6.45, 7) is 0. The largest absolute Gasteiger partial charge is 0.507 e. The predicted octanol–water partition coefficient (Wildman–Crippen LogP) is 0.714. The predicted molar refractivity (Wildman–Crippen MR) is 90.0 cm³/mol. The van der Waals surface area contributed by atoms with E-state index in [0.29, 0.717) is 10.8 Å². The van der Waals surface area contributed by atoms with Crippen molar-refractivity contribution in [1.29, 1.82) is 0 Å². The third-order valence-electron chi connectivity index (χ3n) is 3.61. The van der Waals surface area contributed by atoms with Crippen molar-refractivity contribution in [2.24, 2.45) is 7.05 Å². The van der Waals surface area contributed by atoms with Crippen molar-refractivity contribution in [3.63, 3.8) is 0 Å². The van der Waals surface area contributed by atoms with Gasteiger partial charge in [0.1, 0.15) is 5.75 Å². The first kappa shape index (κ1) is 16.2. The molecule has 0 aliphatic rings. The lowest BCUT2D eigenvalue weighted by molar-refractivity contribution is 0.0842. The summed E-state index contributed by atoms with van der Waals surface area (Å²) in [7, 11) is 1.44. The molecule has 0 aliphatic carbocycles. The molecule has 0 unspecified atom stereocenters. The molecule has 0 saturated heterocycles. The van der Waals surface area contributed by atoms with Crippen molar-refractivity contribution >= 4 is 22.6 Å². The first-order valence-corrected chi connectivity index (χ1v) is 7.34. The minimum atomic E-state index is -0.685. The first-order valence-electron chi connectivity index (χ1n) is 7.34. The minimum Gasteiger partial charge on any atom is -0.507 e. The van der Waals surface area contributed by atoms with E-state index < -0.39 is 11.8 Å². The molecule has 0 saturated carbocycles. The zero-order valence-electron chi connectivity index (χ0n) is 13.2. The second kappa shape index (κ2) is 6.44. The van der Waals surface area contributed by atoms with Gasteiger partial charge in [-0.1, -0.05) is 30.3 Å². The summed E-state index contributed by atoms with van der Waals surface area (Å²) in [6, 6.07) is 12.5. The van der Waals surface area contributed by atoms with Crippen molar-refractivity contribution < 1.29 is 14.7 Å². The van der Waals surface area contributed by atoms with Crippen LogP contribution < -0.4 is 16.4 Å². The van der Waals surface area contributed by atoms with E-state index in [9.17, 15) is 19.5 Å². The molecule has 0 spiro atoms. The third-order valence-corrected chi connectivity index (χ3v) is 3.61. The van der Waals surface area contributed by atoms with Gasteiger partial charge in [0.2, 0.25) is 0 Å². The lowest BCUT2D eigenvalue weighted by atomic mass is 10.1. The molecule has 0 fully saturated rings. The van der Waals surface area contributed by atoms with Gasteiger partial charge < -0.3 is 5.11 Å². The summed E-state index contributed by atoms with van der Waals surface area (Å²) in [5.74, 6) is -1.57. The number of hydrazine groups is 1. The molecular weight excluding hydrogens is 324 g/mol. The summed E-state index contributed by atoms with van der Waals surface area (Å²) < 4.78 is 1.06. The molecule has 126 valence electrons. The number of carbonyl (C=O) groups is 2. The maximum absolute atomic E-state index is 12.4. The summed E-state index contributed by atoms with van der Waals surface area (Å²) in [6.07, 6.45) is 0. The minimum absolute atomic E-state index is 0.00437. The Morgan fingerprint density at radius 2 is 1.56 bits per heavy atom. The van der Waals surface area contributed by atoms with Gasteiger partial charge in [0.25, 0.3) is 17.4 Å². The first-order chi connectivity index (χ1) is 12.0. The number of aryl methyl sites for hydroxylation is 1. The lowest BCUT2D eigenvalue weighted by Crippen LogP contribution is -2.42. The Morgan fingerprint density at radius 1 is 0.960 bits per heavy atom. The van der Waals surface area contributed by atoms with Gasteiger partial charge in [0.05, 0.1) is 10.9 Å². The average molecular weight is 338 g/mol. The van der Waals surface area contributed by atoms with Crippen LogP contribution in [0.1, 0.15) is 20.8 Å². The fourth-order valence-electron chi connectivity index (χ4n) is 2.37. The van der Waals surface area contributed by atoms with Crippen molar-refractivity contribution in [1.82, 2.24) is 20.6 Å². The highest BCUT2D eigenvalue weighted by molar-refractivity contribution is 6.06. The van der Waals surface area contributed by atoms with Crippen molar-refractivity contribution in [3.05, 3.63) is 70.1 Å². The van der Waals surface area contributed by atoms with Crippen LogP contribution in [0.5, 0.6) is 5.75 Å². The van der Waals surface area contributed by atoms with Crippen LogP contribution in [0.15, 0.2) is 53.3 Å². The Balaban J connectivity index is 1.86. The van der Waals surface area contributed by atoms with E-state index in [1.165, 1.54) is 19.2 Å². The number of aromatic hydroxyl groups is 1. The molecule has 2 amide bonds. The normalized spacial score (nSPS) is 10.4. The van der Waals surface area contributed by atoms with Crippen molar-refractivity contribution in [2.45, 2.75) is 0 Å². The Morgan fingerprint density at radius 3 is 2.28 bits per heavy atom. The van der Waals surface area contributed by atoms with Crippen LogP contribution in [0, 0.1) is 0 Å². The number of hydrogen-bond donors (Lipinski definition) is 3. The van der Waals surface area contributed by atoms with Crippen LogP contribution in [-0.4, -0.2) is 26.7 Å². The molecule has 3 N–H and O–H groups in total. The quantitative estimate of drug-likeness (QED) is 0.596. The van der Waals surface area contributed by atoms with Crippen LogP contribution in [0.3, 0.4) is 0 Å². The number of phenolic OH excluding ortho intramolecular Hbond substituents is 1. The number of phenols is 1. The molecule has 25 heavy (non-hydrogen) atoms. The number of benzene rings is 2.